The van der Waals surface area contributed by atoms with E-state index in [9.17, 15) is 17.6 Å². The van der Waals surface area contributed by atoms with E-state index in [0.29, 0.717) is 23.3 Å². The van der Waals surface area contributed by atoms with Crippen molar-refractivity contribution in [3.05, 3.63) is 42.0 Å². The standard InChI is InChI=1S/C17H16FN5O3S/c18-12-3-1-2-10-4-5-13(20-16(10)12)17-21-15(8-14(19)24)22-23(17)11-6-7-27(25,26)9-11/h1-5,11H,6-9H2,(H2,19,24). The van der Waals surface area contributed by atoms with Gasteiger partial charge in [-0.15, -0.1) is 0 Å². The summed E-state index contributed by atoms with van der Waals surface area (Å²) in [6, 6.07) is 7.60. The number of hydrogen-bond acceptors (Lipinski definition) is 6. The third-order valence-electron chi connectivity index (χ3n) is 4.46. The van der Waals surface area contributed by atoms with Gasteiger partial charge in [0.25, 0.3) is 0 Å². The monoisotopic (exact) mass is 389 g/mol. The number of hydrogen-bond donors (Lipinski definition) is 1. The van der Waals surface area contributed by atoms with Gasteiger partial charge in [0, 0.05) is 5.39 Å². The zero-order chi connectivity index (χ0) is 19.2. The molecule has 0 aliphatic carbocycles. The Morgan fingerprint density at radius 2 is 2.07 bits per heavy atom. The number of pyridine rings is 1. The number of nitrogens with zero attached hydrogens (tertiary/aromatic N) is 4. The fraction of sp³-hybridized carbons (Fsp3) is 0.294. The van der Waals surface area contributed by atoms with Crippen LogP contribution in [0.25, 0.3) is 22.4 Å². The Morgan fingerprint density at radius 1 is 1.26 bits per heavy atom. The van der Waals surface area contributed by atoms with Gasteiger partial charge in [-0.1, -0.05) is 18.2 Å². The highest BCUT2D eigenvalue weighted by molar-refractivity contribution is 7.91. The zero-order valence-corrected chi connectivity index (χ0v) is 15.0. The second kappa shape index (κ2) is 6.38. The second-order valence-corrected chi connectivity index (χ2v) is 8.73. The Morgan fingerprint density at radius 3 is 2.78 bits per heavy atom. The first-order valence-corrected chi connectivity index (χ1v) is 10.1. The third-order valence-corrected chi connectivity index (χ3v) is 6.21. The highest BCUT2D eigenvalue weighted by Crippen LogP contribution is 2.29. The molecule has 140 valence electrons. The quantitative estimate of drug-likeness (QED) is 0.711. The highest BCUT2D eigenvalue weighted by Gasteiger charge is 2.32. The van der Waals surface area contributed by atoms with Crippen molar-refractivity contribution in [3.63, 3.8) is 0 Å². The molecule has 2 N–H and O–H groups in total. The Balaban J connectivity index is 1.84. The van der Waals surface area contributed by atoms with E-state index in [0.717, 1.165) is 0 Å². The van der Waals surface area contributed by atoms with Crippen LogP contribution in [0.5, 0.6) is 0 Å². The number of carbonyl (C=O) groups excluding carboxylic acids is 1. The molecule has 27 heavy (non-hydrogen) atoms. The molecule has 1 fully saturated rings. The smallest absolute Gasteiger partial charge is 0.225 e. The van der Waals surface area contributed by atoms with E-state index in [1.165, 1.54) is 10.7 Å². The number of benzene rings is 1. The maximum absolute atomic E-state index is 14.1. The van der Waals surface area contributed by atoms with Crippen molar-refractivity contribution in [2.75, 3.05) is 11.5 Å². The average molecular weight is 389 g/mol. The van der Waals surface area contributed by atoms with Gasteiger partial charge >= 0.3 is 0 Å². The Kier molecular flexibility index (Phi) is 4.14. The molecule has 1 saturated heterocycles. The number of carbonyl (C=O) groups is 1. The lowest BCUT2D eigenvalue weighted by molar-refractivity contribution is -0.117. The number of rotatable bonds is 4. The molecule has 2 aromatic heterocycles. The largest absolute Gasteiger partial charge is 0.369 e. The van der Waals surface area contributed by atoms with Crippen molar-refractivity contribution in [2.45, 2.75) is 18.9 Å². The van der Waals surface area contributed by atoms with Gasteiger partial charge in [0.1, 0.15) is 17.0 Å². The molecule has 1 unspecified atom stereocenters. The summed E-state index contributed by atoms with van der Waals surface area (Å²) in [6.07, 6.45) is 0.206. The number of para-hydroxylation sites is 1. The summed E-state index contributed by atoms with van der Waals surface area (Å²) in [4.78, 5) is 19.9. The minimum Gasteiger partial charge on any atom is -0.369 e. The third kappa shape index (κ3) is 3.39. The first-order chi connectivity index (χ1) is 12.8. The Bertz CT molecular complexity index is 1160. The molecular formula is C17H16FN5O3S. The van der Waals surface area contributed by atoms with Gasteiger partial charge < -0.3 is 5.73 Å². The van der Waals surface area contributed by atoms with Crippen LogP contribution in [0.2, 0.25) is 0 Å². The molecule has 0 bridgehead atoms. The number of fused-ring (bicyclic) bond motifs is 1. The summed E-state index contributed by atoms with van der Waals surface area (Å²) in [5.74, 6) is -0.615. The van der Waals surface area contributed by atoms with E-state index < -0.39 is 27.6 Å². The zero-order valence-electron chi connectivity index (χ0n) is 14.2. The number of sulfone groups is 1. The lowest BCUT2D eigenvalue weighted by Crippen LogP contribution is -2.16. The molecular weight excluding hydrogens is 373 g/mol. The van der Waals surface area contributed by atoms with Crippen LogP contribution in [-0.2, 0) is 21.1 Å². The summed E-state index contributed by atoms with van der Waals surface area (Å²) in [5.41, 5.74) is 5.75. The molecule has 0 saturated carbocycles. The minimum atomic E-state index is -3.16. The molecule has 1 aliphatic heterocycles. The van der Waals surface area contributed by atoms with Gasteiger partial charge in [-0.25, -0.2) is 27.5 Å². The molecule has 3 aromatic rings. The lowest BCUT2D eigenvalue weighted by Gasteiger charge is -2.11. The van der Waals surface area contributed by atoms with E-state index in [1.807, 2.05) is 0 Å². The van der Waals surface area contributed by atoms with E-state index in [2.05, 4.69) is 15.1 Å². The normalized spacial score (nSPS) is 18.8. The molecule has 3 heterocycles. The molecule has 1 aliphatic rings. The second-order valence-electron chi connectivity index (χ2n) is 6.50. The van der Waals surface area contributed by atoms with Crippen LogP contribution in [0.3, 0.4) is 0 Å². The van der Waals surface area contributed by atoms with Crippen LogP contribution >= 0.6 is 0 Å². The van der Waals surface area contributed by atoms with Gasteiger partial charge in [-0.3, -0.25) is 4.79 Å². The van der Waals surface area contributed by atoms with Gasteiger partial charge in [-0.05, 0) is 18.6 Å². The van der Waals surface area contributed by atoms with Crippen molar-refractivity contribution in [2.24, 2.45) is 5.73 Å². The number of amides is 1. The van der Waals surface area contributed by atoms with E-state index in [4.69, 9.17) is 5.73 Å². The number of nitrogens with two attached hydrogens (primary N) is 1. The molecule has 0 spiro atoms. The summed E-state index contributed by atoms with van der Waals surface area (Å²) in [6.45, 7) is 0. The topological polar surface area (TPSA) is 121 Å². The molecule has 4 rings (SSSR count). The van der Waals surface area contributed by atoms with Gasteiger partial charge in [0.2, 0.25) is 5.91 Å². The van der Waals surface area contributed by atoms with E-state index in [1.54, 1.807) is 24.3 Å². The number of primary amides is 1. The highest BCUT2D eigenvalue weighted by atomic mass is 32.2. The van der Waals surface area contributed by atoms with Crippen molar-refractivity contribution >= 4 is 26.6 Å². The van der Waals surface area contributed by atoms with E-state index >= 15 is 0 Å². The minimum absolute atomic E-state index is 0.0574. The van der Waals surface area contributed by atoms with Crippen LogP contribution in [0, 0.1) is 5.82 Å². The van der Waals surface area contributed by atoms with Crippen molar-refractivity contribution < 1.29 is 17.6 Å². The van der Waals surface area contributed by atoms with E-state index in [-0.39, 0.29) is 29.3 Å². The van der Waals surface area contributed by atoms with Crippen LogP contribution < -0.4 is 5.73 Å². The van der Waals surface area contributed by atoms with Gasteiger partial charge in [0.15, 0.2) is 21.5 Å². The summed E-state index contributed by atoms with van der Waals surface area (Å²) in [7, 11) is -3.16. The molecule has 1 amide bonds. The Labute approximate surface area is 154 Å². The summed E-state index contributed by atoms with van der Waals surface area (Å²) in [5, 5.41) is 4.91. The molecule has 0 radical (unpaired) electrons. The molecule has 10 heteroatoms. The first kappa shape index (κ1) is 17.5. The SMILES string of the molecule is NC(=O)Cc1nc(-c2ccc3cccc(F)c3n2)n(C2CCS(=O)(=O)C2)n1. The molecule has 1 aromatic carbocycles. The van der Waals surface area contributed by atoms with Gasteiger partial charge in [0.05, 0.1) is 24.0 Å². The van der Waals surface area contributed by atoms with Gasteiger partial charge in [-0.2, -0.15) is 5.10 Å². The van der Waals surface area contributed by atoms with Crippen molar-refractivity contribution in [1.82, 2.24) is 19.7 Å². The Hall–Kier alpha value is -2.88. The maximum Gasteiger partial charge on any atom is 0.225 e. The molecule has 8 nitrogen and oxygen atoms in total. The average Bonchev–Trinajstić information content (AvgIpc) is 3.17. The number of aromatic nitrogens is 4. The van der Waals surface area contributed by atoms with Crippen LogP contribution in [-0.4, -0.2) is 45.6 Å². The van der Waals surface area contributed by atoms with Crippen LogP contribution in [0.15, 0.2) is 30.3 Å². The summed E-state index contributed by atoms with van der Waals surface area (Å²) >= 11 is 0. The fourth-order valence-electron chi connectivity index (χ4n) is 3.23. The summed E-state index contributed by atoms with van der Waals surface area (Å²) < 4.78 is 39.3. The lowest BCUT2D eigenvalue weighted by atomic mass is 10.2. The predicted molar refractivity (Wildman–Crippen MR) is 95.9 cm³/mol. The maximum atomic E-state index is 14.1. The van der Waals surface area contributed by atoms with Crippen LogP contribution in [0.1, 0.15) is 18.3 Å². The van der Waals surface area contributed by atoms with Crippen molar-refractivity contribution in [1.29, 1.82) is 0 Å². The number of halogens is 1. The molecule has 1 atom stereocenters. The fourth-order valence-corrected chi connectivity index (χ4v) is 4.92. The first-order valence-electron chi connectivity index (χ1n) is 8.32. The van der Waals surface area contributed by atoms with Crippen LogP contribution in [0.4, 0.5) is 4.39 Å². The van der Waals surface area contributed by atoms with Crippen molar-refractivity contribution in [3.8, 4) is 11.5 Å². The predicted octanol–water partition coefficient (Wildman–Crippen LogP) is 1.02.